The summed E-state index contributed by atoms with van der Waals surface area (Å²) in [6.45, 7) is 0. The van der Waals surface area contributed by atoms with Crippen LogP contribution in [0, 0.1) is 0 Å². The molecule has 2 aromatic rings. The van der Waals surface area contributed by atoms with Crippen LogP contribution in [0.5, 0.6) is 0 Å². The van der Waals surface area contributed by atoms with Crippen LogP contribution in [0.4, 0.5) is 5.69 Å². The van der Waals surface area contributed by atoms with Crippen LogP contribution in [-0.4, -0.2) is 28.6 Å². The van der Waals surface area contributed by atoms with Crippen molar-refractivity contribution in [2.24, 2.45) is 0 Å². The van der Waals surface area contributed by atoms with Gasteiger partial charge < -0.3 is 10.6 Å². The van der Waals surface area contributed by atoms with Gasteiger partial charge in [-0.05, 0) is 37.1 Å². The van der Waals surface area contributed by atoms with Crippen molar-refractivity contribution >= 4 is 52.2 Å². The molecule has 27 heavy (non-hydrogen) atoms. The number of rotatable bonds is 7. The van der Waals surface area contributed by atoms with Crippen LogP contribution in [0.2, 0.25) is 5.02 Å². The lowest BCUT2D eigenvalue weighted by molar-refractivity contribution is -0.121. The van der Waals surface area contributed by atoms with Crippen LogP contribution in [0.25, 0.3) is 0 Å². The SMILES string of the molecule is O=C(CSc1nc(CC(=O)NC2CCCCC2)cs1)Nc1ccc(Cl)cc1. The fourth-order valence-corrected chi connectivity index (χ4v) is 4.75. The van der Waals surface area contributed by atoms with Gasteiger partial charge in [-0.3, -0.25) is 9.59 Å². The first-order valence-corrected chi connectivity index (χ1v) is 11.2. The third-order valence-electron chi connectivity index (χ3n) is 4.30. The second kappa shape index (κ2) is 10.1. The van der Waals surface area contributed by atoms with E-state index >= 15 is 0 Å². The molecule has 1 aliphatic carbocycles. The number of hydrogen-bond acceptors (Lipinski definition) is 5. The lowest BCUT2D eigenvalue weighted by Gasteiger charge is -2.22. The van der Waals surface area contributed by atoms with Gasteiger partial charge in [-0.2, -0.15) is 0 Å². The van der Waals surface area contributed by atoms with Gasteiger partial charge in [0, 0.05) is 22.1 Å². The van der Waals surface area contributed by atoms with Gasteiger partial charge in [0.15, 0.2) is 4.34 Å². The minimum absolute atomic E-state index is 0.0317. The maximum Gasteiger partial charge on any atom is 0.234 e. The van der Waals surface area contributed by atoms with E-state index in [0.29, 0.717) is 23.2 Å². The van der Waals surface area contributed by atoms with Gasteiger partial charge in [0.1, 0.15) is 0 Å². The highest BCUT2D eigenvalue weighted by molar-refractivity contribution is 8.01. The highest BCUT2D eigenvalue weighted by Gasteiger charge is 2.16. The summed E-state index contributed by atoms with van der Waals surface area (Å²) in [7, 11) is 0. The van der Waals surface area contributed by atoms with Crippen molar-refractivity contribution in [1.29, 1.82) is 0 Å². The Morgan fingerprint density at radius 2 is 1.89 bits per heavy atom. The molecular weight excluding hydrogens is 402 g/mol. The van der Waals surface area contributed by atoms with Crippen LogP contribution in [0.3, 0.4) is 0 Å². The molecule has 1 heterocycles. The standard InChI is InChI=1S/C19H22ClN3O2S2/c20-13-6-8-15(9-7-13)22-18(25)12-27-19-23-16(11-26-19)10-17(24)21-14-4-2-1-3-5-14/h6-9,11,14H,1-5,10,12H2,(H,21,24)(H,22,25). The number of carbonyl (C=O) groups excluding carboxylic acids is 2. The maximum absolute atomic E-state index is 12.2. The third-order valence-corrected chi connectivity index (χ3v) is 6.62. The molecular formula is C19H22ClN3O2S2. The Balaban J connectivity index is 1.41. The van der Waals surface area contributed by atoms with E-state index in [1.165, 1.54) is 42.4 Å². The number of anilines is 1. The summed E-state index contributed by atoms with van der Waals surface area (Å²) in [5.74, 6) is 0.197. The highest BCUT2D eigenvalue weighted by atomic mass is 35.5. The second-order valence-corrected chi connectivity index (χ2v) is 9.04. The van der Waals surface area contributed by atoms with E-state index in [9.17, 15) is 9.59 Å². The first-order chi connectivity index (χ1) is 13.1. The Morgan fingerprint density at radius 1 is 1.15 bits per heavy atom. The molecule has 0 spiro atoms. The zero-order chi connectivity index (χ0) is 19.1. The lowest BCUT2D eigenvalue weighted by atomic mass is 9.95. The predicted octanol–water partition coefficient (Wildman–Crippen LogP) is 4.52. The number of halogens is 1. The third kappa shape index (κ3) is 6.83. The van der Waals surface area contributed by atoms with Gasteiger partial charge in [0.2, 0.25) is 11.8 Å². The van der Waals surface area contributed by atoms with Gasteiger partial charge in [-0.25, -0.2) is 4.98 Å². The van der Waals surface area contributed by atoms with E-state index in [0.717, 1.165) is 22.9 Å². The van der Waals surface area contributed by atoms with Crippen LogP contribution < -0.4 is 10.6 Å². The van der Waals surface area contributed by atoms with Crippen molar-refractivity contribution in [3.05, 3.63) is 40.4 Å². The summed E-state index contributed by atoms with van der Waals surface area (Å²) < 4.78 is 0.793. The zero-order valence-electron chi connectivity index (χ0n) is 14.9. The molecule has 2 amide bonds. The van der Waals surface area contributed by atoms with Crippen LogP contribution in [-0.2, 0) is 16.0 Å². The Bertz CT molecular complexity index is 774. The highest BCUT2D eigenvalue weighted by Crippen LogP contribution is 2.24. The van der Waals surface area contributed by atoms with Crippen LogP contribution in [0.1, 0.15) is 37.8 Å². The number of carbonyl (C=O) groups is 2. The number of amides is 2. The minimum atomic E-state index is -0.103. The molecule has 8 heteroatoms. The van der Waals surface area contributed by atoms with Crippen molar-refractivity contribution in [2.75, 3.05) is 11.1 Å². The van der Waals surface area contributed by atoms with E-state index in [-0.39, 0.29) is 17.6 Å². The summed E-state index contributed by atoms with van der Waals surface area (Å²) in [6.07, 6.45) is 6.11. The molecule has 5 nitrogen and oxygen atoms in total. The van der Waals surface area contributed by atoms with Gasteiger partial charge >= 0.3 is 0 Å². The molecule has 1 fully saturated rings. The molecule has 1 aromatic heterocycles. The fraction of sp³-hybridized carbons (Fsp3) is 0.421. The molecule has 0 bridgehead atoms. The minimum Gasteiger partial charge on any atom is -0.353 e. The summed E-state index contributed by atoms with van der Waals surface area (Å²) in [5, 5.41) is 8.44. The van der Waals surface area contributed by atoms with Crippen molar-refractivity contribution in [3.8, 4) is 0 Å². The number of benzene rings is 1. The topological polar surface area (TPSA) is 71.1 Å². The van der Waals surface area contributed by atoms with E-state index in [1.54, 1.807) is 24.3 Å². The first kappa shape index (κ1) is 20.2. The lowest BCUT2D eigenvalue weighted by Crippen LogP contribution is -2.37. The largest absolute Gasteiger partial charge is 0.353 e. The molecule has 1 aromatic carbocycles. The molecule has 0 saturated heterocycles. The number of aromatic nitrogens is 1. The summed E-state index contributed by atoms with van der Waals surface area (Å²) in [4.78, 5) is 28.6. The van der Waals surface area contributed by atoms with Crippen molar-refractivity contribution in [1.82, 2.24) is 10.3 Å². The second-order valence-electron chi connectivity index (χ2n) is 6.53. The normalized spacial score (nSPS) is 14.7. The Kier molecular flexibility index (Phi) is 7.55. The zero-order valence-corrected chi connectivity index (χ0v) is 17.3. The molecule has 2 N–H and O–H groups in total. The van der Waals surface area contributed by atoms with E-state index in [2.05, 4.69) is 15.6 Å². The maximum atomic E-state index is 12.2. The predicted molar refractivity (Wildman–Crippen MR) is 112 cm³/mol. The van der Waals surface area contributed by atoms with Crippen LogP contribution >= 0.6 is 34.7 Å². The Morgan fingerprint density at radius 3 is 2.63 bits per heavy atom. The van der Waals surface area contributed by atoms with Crippen molar-refractivity contribution in [3.63, 3.8) is 0 Å². The van der Waals surface area contributed by atoms with E-state index in [4.69, 9.17) is 11.6 Å². The summed E-state index contributed by atoms with van der Waals surface area (Å²) in [6, 6.07) is 7.30. The molecule has 1 saturated carbocycles. The summed E-state index contributed by atoms with van der Waals surface area (Å²) in [5.41, 5.74) is 1.47. The Hall–Kier alpha value is -1.57. The molecule has 0 unspecified atom stereocenters. The van der Waals surface area contributed by atoms with Crippen LogP contribution in [0.15, 0.2) is 34.0 Å². The molecule has 3 rings (SSSR count). The first-order valence-electron chi connectivity index (χ1n) is 9.00. The molecule has 0 radical (unpaired) electrons. The molecule has 144 valence electrons. The van der Waals surface area contributed by atoms with Crippen molar-refractivity contribution in [2.45, 2.75) is 48.9 Å². The van der Waals surface area contributed by atoms with Gasteiger partial charge in [0.05, 0.1) is 17.9 Å². The summed E-state index contributed by atoms with van der Waals surface area (Å²) >= 11 is 8.66. The van der Waals surface area contributed by atoms with Gasteiger partial charge in [0.25, 0.3) is 0 Å². The fourth-order valence-electron chi connectivity index (χ4n) is 2.98. The quantitative estimate of drug-likeness (QED) is 0.642. The number of thioether (sulfide) groups is 1. The van der Waals surface area contributed by atoms with E-state index < -0.39 is 0 Å². The monoisotopic (exact) mass is 423 g/mol. The molecule has 1 aliphatic rings. The van der Waals surface area contributed by atoms with Gasteiger partial charge in [-0.1, -0.05) is 42.6 Å². The number of hydrogen-bond donors (Lipinski definition) is 2. The molecule has 0 aliphatic heterocycles. The number of nitrogens with zero attached hydrogens (tertiary/aromatic N) is 1. The number of thiazole rings is 1. The average Bonchev–Trinajstić information content (AvgIpc) is 3.10. The molecule has 0 atom stereocenters. The Labute approximate surface area is 172 Å². The average molecular weight is 424 g/mol. The smallest absolute Gasteiger partial charge is 0.234 e. The van der Waals surface area contributed by atoms with Gasteiger partial charge in [-0.15, -0.1) is 11.3 Å². The van der Waals surface area contributed by atoms with E-state index in [1.807, 2.05) is 5.38 Å². The number of nitrogens with one attached hydrogen (secondary N) is 2. The van der Waals surface area contributed by atoms with Crippen molar-refractivity contribution < 1.29 is 9.59 Å².